The summed E-state index contributed by atoms with van der Waals surface area (Å²) >= 11 is 12.0. The van der Waals surface area contributed by atoms with Crippen LogP contribution in [-0.4, -0.2) is 46.9 Å². The van der Waals surface area contributed by atoms with Gasteiger partial charge in [-0.1, -0.05) is 40.4 Å². The van der Waals surface area contributed by atoms with Crippen molar-refractivity contribution in [3.8, 4) is 34.3 Å². The second kappa shape index (κ2) is 16.0. The number of ether oxygens (including phenoxy) is 2. The summed E-state index contributed by atoms with van der Waals surface area (Å²) in [6.45, 7) is -0.181. The normalized spacial score (nSPS) is 14.9. The predicted octanol–water partition coefficient (Wildman–Crippen LogP) is 5.93. The van der Waals surface area contributed by atoms with Gasteiger partial charge in [-0.25, -0.2) is 18.7 Å². The topological polar surface area (TPSA) is 205 Å². The fraction of sp³-hybridized carbons (Fsp3) is 0.161. The van der Waals surface area contributed by atoms with Crippen molar-refractivity contribution >= 4 is 55.1 Å². The number of azide groups is 1. The van der Waals surface area contributed by atoms with Crippen molar-refractivity contribution in [3.63, 3.8) is 0 Å². The summed E-state index contributed by atoms with van der Waals surface area (Å²) in [7, 11) is -3.66. The largest absolute Gasteiger partial charge is 1.00 e. The van der Waals surface area contributed by atoms with Crippen molar-refractivity contribution < 1.29 is 60.4 Å². The van der Waals surface area contributed by atoms with Gasteiger partial charge in [0, 0.05) is 15.7 Å². The van der Waals surface area contributed by atoms with Gasteiger partial charge in [-0.3, -0.25) is 9.09 Å². The number of hydrogen-bond donors (Lipinski definition) is 0. The van der Waals surface area contributed by atoms with Crippen molar-refractivity contribution in [2.75, 3.05) is 19.4 Å². The number of halogens is 4. The first-order valence-corrected chi connectivity index (χ1v) is 17.1. The zero-order valence-electron chi connectivity index (χ0n) is 26.9. The number of fused-ring (bicyclic) bond motifs is 10. The Kier molecular flexibility index (Phi) is 11.9. The van der Waals surface area contributed by atoms with Gasteiger partial charge in [0.1, 0.15) is 51.4 Å². The molecule has 2 atom stereocenters. The van der Waals surface area contributed by atoms with Crippen molar-refractivity contribution in [1.82, 2.24) is 19.1 Å². The van der Waals surface area contributed by atoms with E-state index >= 15 is 0 Å². The molecule has 0 aliphatic carbocycles. The van der Waals surface area contributed by atoms with Gasteiger partial charge >= 0.3 is 29.6 Å². The van der Waals surface area contributed by atoms with Crippen molar-refractivity contribution in [2.24, 2.45) is 5.11 Å². The number of benzene rings is 2. The van der Waals surface area contributed by atoms with Gasteiger partial charge in [-0.2, -0.15) is 8.42 Å². The molecule has 2 unspecified atom stereocenters. The monoisotopic (exact) mass is 776 g/mol. The molecule has 21 heteroatoms. The third-order valence-corrected chi connectivity index (χ3v) is 8.61. The van der Waals surface area contributed by atoms with E-state index in [9.17, 15) is 17.2 Å². The summed E-state index contributed by atoms with van der Waals surface area (Å²) in [4.78, 5) is 12.8. The van der Waals surface area contributed by atoms with Crippen LogP contribution in [0.5, 0.6) is 11.5 Å². The molecule has 0 saturated heterocycles. The van der Waals surface area contributed by atoms with Gasteiger partial charge in [0.25, 0.3) is 10.1 Å². The van der Waals surface area contributed by atoms with E-state index in [0.29, 0.717) is 61.2 Å². The number of aromatic nitrogens is 4. The molecule has 6 heterocycles. The maximum atomic E-state index is 14.2. The standard InChI is InChI=1S/C16H12ClFN2O4S.C15H9ClFN5O.N3.Na/c1-25(21,22)23-8-15-20-11-4-2-3-10(18)9(11)7-12(20)16-13(24-15)5-6-14(17)19-16;16-13-5-4-12-15(20-13)11-6-8-9(17)2-1-3-10(8)22(11)14(23-12)7-19-21-18;1-3-2;/h2-7,15H,8H2,1H3;1-6,14H,7H2;;/q;;-1;+1. The molecule has 0 saturated carbocycles. The molecule has 6 aromatic rings. The van der Waals surface area contributed by atoms with E-state index < -0.39 is 28.4 Å². The minimum Gasteiger partial charge on any atom is -0.468 e. The van der Waals surface area contributed by atoms with Crippen LogP contribution < -0.4 is 39.0 Å². The van der Waals surface area contributed by atoms with Gasteiger partial charge in [0.15, 0.2) is 6.23 Å². The first-order chi connectivity index (χ1) is 24.4. The van der Waals surface area contributed by atoms with Gasteiger partial charge in [0.05, 0.1) is 35.2 Å². The summed E-state index contributed by atoms with van der Waals surface area (Å²) in [5.41, 5.74) is 25.5. The first-order valence-electron chi connectivity index (χ1n) is 14.5. The molecule has 0 N–H and O–H groups in total. The Balaban J connectivity index is 0.000000184. The van der Waals surface area contributed by atoms with E-state index in [4.69, 9.17) is 53.5 Å². The van der Waals surface area contributed by atoms with Crippen LogP contribution in [0.2, 0.25) is 10.3 Å². The average molecular weight is 778 g/mol. The second-order valence-electron chi connectivity index (χ2n) is 10.7. The Hall–Kier alpha value is -4.61. The van der Waals surface area contributed by atoms with Crippen molar-refractivity contribution in [1.29, 1.82) is 0 Å². The smallest absolute Gasteiger partial charge is 0.468 e. The predicted molar refractivity (Wildman–Crippen MR) is 184 cm³/mol. The summed E-state index contributed by atoms with van der Waals surface area (Å²) in [5, 5.41) is 5.00. The Morgan fingerprint density at radius 1 is 0.827 bits per heavy atom. The molecule has 0 radical (unpaired) electrons. The Morgan fingerprint density at radius 2 is 1.29 bits per heavy atom. The Labute approximate surface area is 325 Å². The van der Waals surface area contributed by atoms with E-state index in [-0.39, 0.29) is 53.7 Å². The fourth-order valence-electron chi connectivity index (χ4n) is 5.73. The zero-order chi connectivity index (χ0) is 36.4. The van der Waals surface area contributed by atoms with Crippen molar-refractivity contribution in [2.45, 2.75) is 12.5 Å². The minimum atomic E-state index is -3.66. The molecule has 260 valence electrons. The molecule has 2 aliphatic heterocycles. The van der Waals surface area contributed by atoms with Crippen LogP contribution in [0, 0.1) is 11.6 Å². The first kappa shape index (κ1) is 38.6. The third-order valence-electron chi connectivity index (χ3n) is 7.62. The maximum Gasteiger partial charge on any atom is 1.00 e. The molecule has 15 nitrogen and oxygen atoms in total. The van der Waals surface area contributed by atoms with E-state index in [2.05, 4.69) is 20.0 Å². The van der Waals surface area contributed by atoms with Crippen LogP contribution in [0.15, 0.2) is 77.9 Å². The van der Waals surface area contributed by atoms with Gasteiger partial charge < -0.3 is 29.7 Å². The van der Waals surface area contributed by atoms with Crippen LogP contribution in [0.25, 0.3) is 71.0 Å². The number of hydrogen-bond acceptors (Lipinski definition) is 8. The van der Waals surface area contributed by atoms with Crippen LogP contribution >= 0.6 is 23.2 Å². The fourth-order valence-corrected chi connectivity index (χ4v) is 6.39. The molecule has 2 aromatic carbocycles. The molecule has 52 heavy (non-hydrogen) atoms. The summed E-state index contributed by atoms with van der Waals surface area (Å²) < 4.78 is 71.1. The van der Waals surface area contributed by atoms with Gasteiger partial charge in [0.2, 0.25) is 6.23 Å². The molecule has 2 aliphatic rings. The number of nitrogens with zero attached hydrogens (tertiary/aromatic N) is 10. The van der Waals surface area contributed by atoms with E-state index in [1.165, 1.54) is 17.0 Å². The summed E-state index contributed by atoms with van der Waals surface area (Å²) in [6, 6.07) is 19.3. The zero-order valence-corrected chi connectivity index (χ0v) is 31.3. The third kappa shape index (κ3) is 7.76. The molecule has 8 rings (SSSR count). The van der Waals surface area contributed by atoms with Gasteiger partial charge in [-0.15, -0.1) is 0 Å². The molecule has 4 aromatic heterocycles. The van der Waals surface area contributed by atoms with E-state index in [0.717, 1.165) is 6.26 Å². The molecule has 0 spiro atoms. The van der Waals surface area contributed by atoms with Crippen molar-refractivity contribution in [3.05, 3.63) is 121 Å². The van der Waals surface area contributed by atoms with E-state index in [1.807, 2.05) is 0 Å². The quantitative estimate of drug-likeness (QED) is 0.0515. The van der Waals surface area contributed by atoms with E-state index in [1.54, 1.807) is 69.8 Å². The maximum absolute atomic E-state index is 14.2. The Bertz CT molecular complexity index is 2530. The minimum absolute atomic E-state index is 0. The summed E-state index contributed by atoms with van der Waals surface area (Å²) in [5.74, 6) is 0.201. The summed E-state index contributed by atoms with van der Waals surface area (Å²) in [6.07, 6.45) is -0.408. The average Bonchev–Trinajstić information content (AvgIpc) is 3.69. The molecular weight excluding hydrogens is 756 g/mol. The molecule has 0 amide bonds. The molecule has 0 bridgehead atoms. The SMILES string of the molecule is CS(=O)(=O)OCC1Oc2ccc(Cl)nc2-c2cc3c(F)cccc3n21.[N-]=[N+]=NCC1Oc2ccc(Cl)nc2-c2cc3c(F)cccc3n21.[N-]=[N+]=[N-].[Na+]. The molecular formula is C31H21Cl2F2N10NaO5S. The van der Waals surface area contributed by atoms with Gasteiger partial charge in [-0.05, 0) is 66.2 Å². The molecule has 0 fully saturated rings. The Morgan fingerprint density at radius 3 is 1.75 bits per heavy atom. The van der Waals surface area contributed by atoms with Crippen LogP contribution in [0.4, 0.5) is 8.78 Å². The van der Waals surface area contributed by atoms with Crippen LogP contribution in [0.1, 0.15) is 12.5 Å². The van der Waals surface area contributed by atoms with Crippen LogP contribution in [0.3, 0.4) is 0 Å². The number of rotatable bonds is 5. The number of pyridine rings is 2. The van der Waals surface area contributed by atoms with Crippen LogP contribution in [-0.2, 0) is 14.3 Å². The second-order valence-corrected chi connectivity index (χ2v) is 13.2.